The van der Waals surface area contributed by atoms with E-state index in [1.807, 2.05) is 11.6 Å². The predicted molar refractivity (Wildman–Crippen MR) is 109 cm³/mol. The Morgan fingerprint density at radius 2 is 1.96 bits per heavy atom. The Labute approximate surface area is 162 Å². The summed E-state index contributed by atoms with van der Waals surface area (Å²) in [6, 6.07) is 6.58. The molecule has 138 valence electrons. The lowest BCUT2D eigenvalue weighted by Gasteiger charge is -2.13. The van der Waals surface area contributed by atoms with Crippen LogP contribution >= 0.6 is 15.9 Å². The molecular formula is C19H25BrN6. The molecule has 1 atom stereocenters. The second kappa shape index (κ2) is 7.70. The van der Waals surface area contributed by atoms with Gasteiger partial charge in [-0.15, -0.1) is 5.10 Å². The fraction of sp³-hybridized carbons (Fsp3) is 0.474. The molecule has 0 saturated heterocycles. The summed E-state index contributed by atoms with van der Waals surface area (Å²) in [5.74, 6) is 1.86. The van der Waals surface area contributed by atoms with E-state index in [1.54, 1.807) is 0 Å². The first-order valence-electron chi connectivity index (χ1n) is 9.06. The SMILES string of the molecule is CCCC(C)n1nnc2c(Nc3ccc(C(C)C)cc3Br)nc(C)nc21. The van der Waals surface area contributed by atoms with Crippen molar-refractivity contribution >= 4 is 38.6 Å². The molecule has 0 saturated carbocycles. The van der Waals surface area contributed by atoms with Crippen LogP contribution in [0.3, 0.4) is 0 Å². The van der Waals surface area contributed by atoms with Crippen molar-refractivity contribution in [3.63, 3.8) is 0 Å². The third kappa shape index (κ3) is 3.72. The van der Waals surface area contributed by atoms with Crippen LogP contribution in [0.1, 0.15) is 63.9 Å². The van der Waals surface area contributed by atoms with Gasteiger partial charge in [0, 0.05) is 4.47 Å². The molecule has 2 heterocycles. The van der Waals surface area contributed by atoms with Gasteiger partial charge in [0.2, 0.25) is 0 Å². The van der Waals surface area contributed by atoms with Crippen LogP contribution in [-0.4, -0.2) is 25.0 Å². The molecule has 2 aromatic heterocycles. The van der Waals surface area contributed by atoms with E-state index >= 15 is 0 Å². The highest BCUT2D eigenvalue weighted by molar-refractivity contribution is 9.10. The summed E-state index contributed by atoms with van der Waals surface area (Å²) in [5, 5.41) is 12.1. The van der Waals surface area contributed by atoms with Crippen molar-refractivity contribution in [3.8, 4) is 0 Å². The van der Waals surface area contributed by atoms with Gasteiger partial charge < -0.3 is 5.32 Å². The van der Waals surface area contributed by atoms with Gasteiger partial charge in [-0.25, -0.2) is 14.6 Å². The third-order valence-corrected chi connectivity index (χ3v) is 5.13. The summed E-state index contributed by atoms with van der Waals surface area (Å²) in [5.41, 5.74) is 3.70. The maximum atomic E-state index is 4.58. The number of hydrogen-bond donors (Lipinski definition) is 1. The number of benzene rings is 1. The van der Waals surface area contributed by atoms with E-state index in [-0.39, 0.29) is 6.04 Å². The molecule has 1 unspecified atom stereocenters. The van der Waals surface area contributed by atoms with Gasteiger partial charge >= 0.3 is 0 Å². The molecule has 0 aliphatic carbocycles. The number of rotatable bonds is 6. The Morgan fingerprint density at radius 1 is 1.19 bits per heavy atom. The predicted octanol–water partition coefficient (Wildman–Crippen LogP) is 5.52. The molecule has 0 aliphatic heterocycles. The molecule has 26 heavy (non-hydrogen) atoms. The number of halogens is 1. The van der Waals surface area contributed by atoms with Gasteiger partial charge in [-0.05, 0) is 59.8 Å². The minimum absolute atomic E-state index is 0.254. The van der Waals surface area contributed by atoms with E-state index in [9.17, 15) is 0 Å². The molecule has 1 N–H and O–H groups in total. The monoisotopic (exact) mass is 416 g/mol. The van der Waals surface area contributed by atoms with Gasteiger partial charge in [0.25, 0.3) is 0 Å². The lowest BCUT2D eigenvalue weighted by molar-refractivity contribution is 0.453. The molecule has 0 spiro atoms. The first-order chi connectivity index (χ1) is 12.4. The number of fused-ring (bicyclic) bond motifs is 1. The van der Waals surface area contributed by atoms with E-state index in [0.29, 0.717) is 23.1 Å². The van der Waals surface area contributed by atoms with Crippen molar-refractivity contribution in [2.24, 2.45) is 0 Å². The average Bonchev–Trinajstić information content (AvgIpc) is 3.00. The molecule has 0 aliphatic rings. The van der Waals surface area contributed by atoms with Gasteiger partial charge in [0.1, 0.15) is 5.82 Å². The zero-order valence-electron chi connectivity index (χ0n) is 15.9. The summed E-state index contributed by atoms with van der Waals surface area (Å²) < 4.78 is 2.90. The summed E-state index contributed by atoms with van der Waals surface area (Å²) in [6.45, 7) is 10.6. The quantitative estimate of drug-likeness (QED) is 0.572. The van der Waals surface area contributed by atoms with E-state index in [0.717, 1.165) is 28.6 Å². The fourth-order valence-electron chi connectivity index (χ4n) is 2.98. The molecule has 1 aromatic carbocycles. The molecule has 6 nitrogen and oxygen atoms in total. The summed E-state index contributed by atoms with van der Waals surface area (Å²) in [4.78, 5) is 9.13. The molecule has 3 aromatic rings. The Hall–Kier alpha value is -2.02. The van der Waals surface area contributed by atoms with E-state index in [1.165, 1.54) is 5.56 Å². The topological polar surface area (TPSA) is 68.5 Å². The van der Waals surface area contributed by atoms with Crippen molar-refractivity contribution in [2.45, 2.75) is 59.4 Å². The van der Waals surface area contributed by atoms with Gasteiger partial charge in [-0.1, -0.05) is 38.5 Å². The van der Waals surface area contributed by atoms with Crippen LogP contribution in [0.2, 0.25) is 0 Å². The fourth-order valence-corrected chi connectivity index (χ4v) is 3.48. The third-order valence-electron chi connectivity index (χ3n) is 4.47. The molecule has 0 bridgehead atoms. The molecule has 3 rings (SSSR count). The summed E-state index contributed by atoms with van der Waals surface area (Å²) >= 11 is 3.66. The lowest BCUT2D eigenvalue weighted by Crippen LogP contribution is -2.08. The lowest BCUT2D eigenvalue weighted by atomic mass is 10.0. The second-order valence-corrected chi connectivity index (χ2v) is 7.84. The smallest absolute Gasteiger partial charge is 0.184 e. The highest BCUT2D eigenvalue weighted by atomic mass is 79.9. The van der Waals surface area contributed by atoms with Crippen LogP contribution in [0.25, 0.3) is 11.2 Å². The Balaban J connectivity index is 2.01. The Kier molecular flexibility index (Phi) is 5.55. The number of anilines is 2. The Bertz CT molecular complexity index is 918. The van der Waals surface area contributed by atoms with Crippen molar-refractivity contribution in [2.75, 3.05) is 5.32 Å². The number of nitrogens with zero attached hydrogens (tertiary/aromatic N) is 5. The van der Waals surface area contributed by atoms with Gasteiger partial charge in [0.15, 0.2) is 17.0 Å². The van der Waals surface area contributed by atoms with E-state index < -0.39 is 0 Å². The van der Waals surface area contributed by atoms with Crippen molar-refractivity contribution in [1.82, 2.24) is 25.0 Å². The minimum Gasteiger partial charge on any atom is -0.337 e. The molecule has 0 amide bonds. The number of aromatic nitrogens is 5. The van der Waals surface area contributed by atoms with Crippen molar-refractivity contribution < 1.29 is 0 Å². The van der Waals surface area contributed by atoms with Crippen LogP contribution in [0.15, 0.2) is 22.7 Å². The molecule has 0 fully saturated rings. The first kappa shape index (κ1) is 18.8. The highest BCUT2D eigenvalue weighted by Crippen LogP contribution is 2.31. The minimum atomic E-state index is 0.254. The summed E-state index contributed by atoms with van der Waals surface area (Å²) in [7, 11) is 0. The average molecular weight is 417 g/mol. The van der Waals surface area contributed by atoms with E-state index in [2.05, 4.69) is 87.4 Å². The van der Waals surface area contributed by atoms with Crippen molar-refractivity contribution in [1.29, 1.82) is 0 Å². The number of aryl methyl sites for hydroxylation is 1. The zero-order valence-corrected chi connectivity index (χ0v) is 17.5. The molecule has 0 radical (unpaired) electrons. The largest absolute Gasteiger partial charge is 0.337 e. The van der Waals surface area contributed by atoms with Crippen LogP contribution in [0, 0.1) is 6.92 Å². The molecular weight excluding hydrogens is 392 g/mol. The normalized spacial score (nSPS) is 12.7. The van der Waals surface area contributed by atoms with Crippen molar-refractivity contribution in [3.05, 3.63) is 34.1 Å². The summed E-state index contributed by atoms with van der Waals surface area (Å²) in [6.07, 6.45) is 2.12. The number of hydrogen-bond acceptors (Lipinski definition) is 5. The van der Waals surface area contributed by atoms with Gasteiger partial charge in [-0.3, -0.25) is 0 Å². The van der Waals surface area contributed by atoms with Crippen LogP contribution in [0.5, 0.6) is 0 Å². The second-order valence-electron chi connectivity index (χ2n) is 6.98. The standard InChI is InChI=1S/C19H25BrN6/c1-6-7-12(4)26-19-17(24-25-26)18(21-13(5)22-19)23-16-9-8-14(11(2)3)10-15(16)20/h8-12H,6-7H2,1-5H3,(H,21,22,23). The number of nitrogens with one attached hydrogen (secondary N) is 1. The van der Waals surface area contributed by atoms with Crippen LogP contribution in [0.4, 0.5) is 11.5 Å². The first-order valence-corrected chi connectivity index (χ1v) is 9.86. The Morgan fingerprint density at radius 3 is 2.62 bits per heavy atom. The van der Waals surface area contributed by atoms with Crippen LogP contribution < -0.4 is 5.32 Å². The van der Waals surface area contributed by atoms with Crippen LogP contribution in [-0.2, 0) is 0 Å². The zero-order chi connectivity index (χ0) is 18.8. The van der Waals surface area contributed by atoms with Gasteiger partial charge in [-0.2, -0.15) is 0 Å². The maximum absolute atomic E-state index is 4.58. The van der Waals surface area contributed by atoms with Gasteiger partial charge in [0.05, 0.1) is 11.7 Å². The van der Waals surface area contributed by atoms with E-state index in [4.69, 9.17) is 0 Å². The molecule has 7 heteroatoms. The highest BCUT2D eigenvalue weighted by Gasteiger charge is 2.17. The maximum Gasteiger partial charge on any atom is 0.184 e.